The summed E-state index contributed by atoms with van der Waals surface area (Å²) in [6.45, 7) is 9.71. The smallest absolute Gasteiger partial charge is 0.478 e. The Morgan fingerprint density at radius 2 is 1.70 bits per heavy atom. The standard InChI is InChI=1S/C14H18BIO4/c1-8-10(12(17)18)6-9(16)7-11(8)15-19-13(2,3)14(4,5)20-15/h6-7H,1-5H3,(H,17,18). The van der Waals surface area contributed by atoms with E-state index >= 15 is 0 Å². The SMILES string of the molecule is Cc1c(B2OC(C)(C)C(C)(C)O2)cc(I)cc1C(=O)O. The van der Waals surface area contributed by atoms with Gasteiger partial charge in [-0.2, -0.15) is 0 Å². The molecule has 6 heteroatoms. The van der Waals surface area contributed by atoms with E-state index in [2.05, 4.69) is 22.6 Å². The lowest BCUT2D eigenvalue weighted by atomic mass is 9.75. The Kier molecular flexibility index (Phi) is 3.94. The van der Waals surface area contributed by atoms with Crippen LogP contribution in [0, 0.1) is 10.5 Å². The van der Waals surface area contributed by atoms with Crippen LogP contribution in [0.3, 0.4) is 0 Å². The topological polar surface area (TPSA) is 55.8 Å². The van der Waals surface area contributed by atoms with E-state index in [0.29, 0.717) is 11.1 Å². The second-order valence-electron chi connectivity index (χ2n) is 6.06. The fourth-order valence-corrected chi connectivity index (χ4v) is 2.78. The van der Waals surface area contributed by atoms with Gasteiger partial charge in [0.15, 0.2) is 0 Å². The minimum atomic E-state index is -0.932. The Hall–Kier alpha value is -0.595. The fraction of sp³-hybridized carbons (Fsp3) is 0.500. The molecule has 0 unspecified atom stereocenters. The van der Waals surface area contributed by atoms with Crippen LogP contribution in [0.25, 0.3) is 0 Å². The van der Waals surface area contributed by atoms with E-state index in [-0.39, 0.29) is 0 Å². The van der Waals surface area contributed by atoms with Crippen molar-refractivity contribution in [3.05, 3.63) is 26.8 Å². The zero-order valence-corrected chi connectivity index (χ0v) is 14.4. The molecule has 0 amide bonds. The highest BCUT2D eigenvalue weighted by atomic mass is 127. The number of halogens is 1. The normalized spacial score (nSPS) is 20.2. The van der Waals surface area contributed by atoms with Gasteiger partial charge in [0, 0.05) is 3.57 Å². The van der Waals surface area contributed by atoms with Gasteiger partial charge in [0.1, 0.15) is 0 Å². The molecule has 4 nitrogen and oxygen atoms in total. The van der Waals surface area contributed by atoms with Crippen molar-refractivity contribution in [1.29, 1.82) is 0 Å². The van der Waals surface area contributed by atoms with E-state index in [1.165, 1.54) is 0 Å². The molecule has 1 aromatic rings. The van der Waals surface area contributed by atoms with Crippen molar-refractivity contribution in [3.63, 3.8) is 0 Å². The Bertz CT molecular complexity index is 553. The molecule has 1 saturated heterocycles. The largest absolute Gasteiger partial charge is 0.495 e. The van der Waals surface area contributed by atoms with Crippen LogP contribution < -0.4 is 5.46 Å². The van der Waals surface area contributed by atoms with Gasteiger partial charge in [-0.3, -0.25) is 0 Å². The van der Waals surface area contributed by atoms with Crippen LogP contribution in [-0.4, -0.2) is 29.4 Å². The van der Waals surface area contributed by atoms with Crippen LogP contribution in [0.5, 0.6) is 0 Å². The van der Waals surface area contributed by atoms with Gasteiger partial charge in [-0.15, -0.1) is 0 Å². The Balaban J connectivity index is 2.48. The first kappa shape index (κ1) is 15.8. The second-order valence-corrected chi connectivity index (χ2v) is 7.31. The average molecular weight is 388 g/mol. The molecule has 0 radical (unpaired) electrons. The predicted octanol–water partition coefficient (Wildman–Crippen LogP) is 2.60. The molecule has 1 aliphatic rings. The highest BCUT2D eigenvalue weighted by molar-refractivity contribution is 14.1. The third-order valence-corrected chi connectivity index (χ3v) is 4.77. The van der Waals surface area contributed by atoms with Gasteiger partial charge in [0.2, 0.25) is 0 Å². The maximum atomic E-state index is 11.3. The Labute approximate surface area is 133 Å². The molecule has 0 saturated carbocycles. The van der Waals surface area contributed by atoms with Gasteiger partial charge >= 0.3 is 13.1 Å². The van der Waals surface area contributed by atoms with Gasteiger partial charge in [-0.25, -0.2) is 4.79 Å². The van der Waals surface area contributed by atoms with E-state index in [0.717, 1.165) is 9.03 Å². The Morgan fingerprint density at radius 1 is 1.20 bits per heavy atom. The summed E-state index contributed by atoms with van der Waals surface area (Å²) in [4.78, 5) is 11.3. The quantitative estimate of drug-likeness (QED) is 0.626. The van der Waals surface area contributed by atoms with Crippen molar-refractivity contribution in [2.45, 2.75) is 45.8 Å². The van der Waals surface area contributed by atoms with E-state index in [1.807, 2.05) is 33.8 Å². The van der Waals surface area contributed by atoms with Gasteiger partial charge in [-0.1, -0.05) is 0 Å². The highest BCUT2D eigenvalue weighted by Gasteiger charge is 2.52. The lowest BCUT2D eigenvalue weighted by Crippen LogP contribution is -2.41. The summed E-state index contributed by atoms with van der Waals surface area (Å²) < 4.78 is 12.9. The van der Waals surface area contributed by atoms with Crippen molar-refractivity contribution in [3.8, 4) is 0 Å². The third kappa shape index (κ3) is 2.60. The average Bonchev–Trinajstić information content (AvgIpc) is 2.50. The summed E-state index contributed by atoms with van der Waals surface area (Å²) in [7, 11) is -0.534. The van der Waals surface area contributed by atoms with E-state index in [4.69, 9.17) is 9.31 Å². The molecular formula is C14H18BIO4. The van der Waals surface area contributed by atoms with Crippen LogP contribution in [0.2, 0.25) is 0 Å². The van der Waals surface area contributed by atoms with E-state index in [9.17, 15) is 9.90 Å². The third-order valence-electron chi connectivity index (χ3n) is 4.15. The van der Waals surface area contributed by atoms with Crippen molar-refractivity contribution >= 4 is 41.1 Å². The summed E-state index contributed by atoms with van der Waals surface area (Å²) in [5.74, 6) is -0.932. The summed E-state index contributed by atoms with van der Waals surface area (Å²) in [6.07, 6.45) is 0. The molecule has 20 heavy (non-hydrogen) atoms. The van der Waals surface area contributed by atoms with Gasteiger partial charge in [0.25, 0.3) is 0 Å². The molecule has 1 aromatic carbocycles. The molecule has 1 heterocycles. The molecule has 2 rings (SSSR count). The molecule has 0 aromatic heterocycles. The summed E-state index contributed by atoms with van der Waals surface area (Å²) in [5.41, 5.74) is 0.898. The van der Waals surface area contributed by atoms with Crippen molar-refractivity contribution in [2.75, 3.05) is 0 Å². The lowest BCUT2D eigenvalue weighted by molar-refractivity contribution is 0.00578. The van der Waals surface area contributed by atoms with Crippen molar-refractivity contribution < 1.29 is 19.2 Å². The molecule has 0 aliphatic carbocycles. The maximum Gasteiger partial charge on any atom is 0.495 e. The van der Waals surface area contributed by atoms with Crippen LogP contribution in [0.1, 0.15) is 43.6 Å². The molecule has 0 bridgehead atoms. The summed E-state index contributed by atoms with van der Waals surface area (Å²) in [6, 6.07) is 3.58. The minimum Gasteiger partial charge on any atom is -0.478 e. The van der Waals surface area contributed by atoms with Crippen LogP contribution >= 0.6 is 22.6 Å². The molecular weight excluding hydrogens is 370 g/mol. The number of hydrogen-bond acceptors (Lipinski definition) is 3. The molecule has 0 spiro atoms. The number of aromatic carboxylic acids is 1. The molecule has 108 valence electrons. The van der Waals surface area contributed by atoms with Crippen molar-refractivity contribution in [2.24, 2.45) is 0 Å². The number of rotatable bonds is 2. The Morgan fingerprint density at radius 3 is 2.15 bits per heavy atom. The number of benzene rings is 1. The minimum absolute atomic E-state index is 0.293. The molecule has 0 atom stereocenters. The predicted molar refractivity (Wildman–Crippen MR) is 86.6 cm³/mol. The van der Waals surface area contributed by atoms with Crippen molar-refractivity contribution in [1.82, 2.24) is 0 Å². The number of carbonyl (C=O) groups is 1. The summed E-state index contributed by atoms with van der Waals surface area (Å²) >= 11 is 2.11. The molecule has 1 aliphatic heterocycles. The van der Waals surface area contributed by atoms with Gasteiger partial charge in [0.05, 0.1) is 16.8 Å². The monoisotopic (exact) mass is 388 g/mol. The first-order chi connectivity index (χ1) is 9.05. The molecule has 1 N–H and O–H groups in total. The van der Waals surface area contributed by atoms with Gasteiger partial charge < -0.3 is 14.4 Å². The summed E-state index contributed by atoms with van der Waals surface area (Å²) in [5, 5.41) is 9.28. The van der Waals surface area contributed by atoms with Gasteiger partial charge in [-0.05, 0) is 80.4 Å². The first-order valence-corrected chi connectivity index (χ1v) is 7.52. The zero-order chi connectivity index (χ0) is 15.3. The second kappa shape index (κ2) is 5.00. The zero-order valence-electron chi connectivity index (χ0n) is 12.3. The van der Waals surface area contributed by atoms with E-state index in [1.54, 1.807) is 13.0 Å². The number of carboxylic acids is 1. The number of carboxylic acid groups (broad SMARTS) is 1. The fourth-order valence-electron chi connectivity index (χ4n) is 2.14. The lowest BCUT2D eigenvalue weighted by Gasteiger charge is -2.32. The van der Waals surface area contributed by atoms with E-state index < -0.39 is 24.3 Å². The molecule has 1 fully saturated rings. The van der Waals surface area contributed by atoms with Crippen LogP contribution in [-0.2, 0) is 9.31 Å². The van der Waals surface area contributed by atoms with Crippen LogP contribution in [0.4, 0.5) is 0 Å². The first-order valence-electron chi connectivity index (χ1n) is 6.44. The highest BCUT2D eigenvalue weighted by Crippen LogP contribution is 2.36. The number of hydrogen-bond donors (Lipinski definition) is 1. The van der Waals surface area contributed by atoms with Crippen LogP contribution in [0.15, 0.2) is 12.1 Å². The maximum absolute atomic E-state index is 11.3.